The topological polar surface area (TPSA) is 21.3 Å². The highest BCUT2D eigenvalue weighted by Gasteiger charge is 2.27. The van der Waals surface area contributed by atoms with Crippen molar-refractivity contribution in [2.24, 2.45) is 11.8 Å². The van der Waals surface area contributed by atoms with Gasteiger partial charge in [-0.2, -0.15) is 0 Å². The van der Waals surface area contributed by atoms with E-state index in [0.717, 1.165) is 30.0 Å². The molecule has 1 unspecified atom stereocenters. The van der Waals surface area contributed by atoms with Gasteiger partial charge in [0, 0.05) is 6.04 Å². The zero-order chi connectivity index (χ0) is 14.5. The summed E-state index contributed by atoms with van der Waals surface area (Å²) in [7, 11) is 1.79. The Bertz CT molecular complexity index is 435. The molecule has 21 heavy (non-hydrogen) atoms. The summed E-state index contributed by atoms with van der Waals surface area (Å²) in [6.45, 7) is 1.19. The first-order chi connectivity index (χ1) is 10.4. The average molecular weight is 287 g/mol. The van der Waals surface area contributed by atoms with Crippen molar-refractivity contribution in [1.29, 1.82) is 0 Å². The molecule has 2 fully saturated rings. The van der Waals surface area contributed by atoms with Gasteiger partial charge in [0.1, 0.15) is 5.75 Å². The molecule has 0 aromatic heterocycles. The van der Waals surface area contributed by atoms with Crippen molar-refractivity contribution in [3.63, 3.8) is 0 Å². The van der Waals surface area contributed by atoms with Crippen molar-refractivity contribution in [2.75, 3.05) is 13.7 Å². The minimum atomic E-state index is 0.766. The van der Waals surface area contributed by atoms with Crippen molar-refractivity contribution in [1.82, 2.24) is 5.32 Å². The maximum absolute atomic E-state index is 5.55. The molecule has 1 N–H and O–H groups in total. The molecular weight excluding hydrogens is 258 g/mol. The number of ether oxygens (including phenoxy) is 1. The SMILES string of the molecule is COc1ccccc1CC(CNC1CC1)C1CCCCC1. The van der Waals surface area contributed by atoms with Gasteiger partial charge in [0.25, 0.3) is 0 Å². The third kappa shape index (κ3) is 4.23. The van der Waals surface area contributed by atoms with Crippen LogP contribution >= 0.6 is 0 Å². The molecule has 0 heterocycles. The number of hydrogen-bond donors (Lipinski definition) is 1. The molecule has 3 rings (SSSR count). The monoisotopic (exact) mass is 287 g/mol. The lowest BCUT2D eigenvalue weighted by atomic mass is 9.77. The number of para-hydroxylation sites is 1. The standard InChI is InChI=1S/C19H29NO/c1-21-19-10-6-5-9-16(19)13-17(14-20-18-11-12-18)15-7-3-2-4-8-15/h5-6,9-10,15,17-18,20H,2-4,7-8,11-14H2,1H3. The number of benzene rings is 1. The lowest BCUT2D eigenvalue weighted by Gasteiger charge is -2.31. The number of nitrogens with one attached hydrogen (secondary N) is 1. The lowest BCUT2D eigenvalue weighted by Crippen LogP contribution is -2.32. The van der Waals surface area contributed by atoms with Crippen molar-refractivity contribution in [3.05, 3.63) is 29.8 Å². The van der Waals surface area contributed by atoms with Gasteiger partial charge < -0.3 is 10.1 Å². The molecule has 0 spiro atoms. The fourth-order valence-corrected chi connectivity index (χ4v) is 3.77. The van der Waals surface area contributed by atoms with Crippen LogP contribution in [0.4, 0.5) is 0 Å². The largest absolute Gasteiger partial charge is 0.496 e. The predicted octanol–water partition coefficient (Wildman–Crippen LogP) is 4.19. The molecule has 0 radical (unpaired) electrons. The van der Waals surface area contributed by atoms with Gasteiger partial charge in [0.15, 0.2) is 0 Å². The van der Waals surface area contributed by atoms with Crippen LogP contribution in [-0.4, -0.2) is 19.7 Å². The van der Waals surface area contributed by atoms with Crippen molar-refractivity contribution in [2.45, 2.75) is 57.4 Å². The van der Waals surface area contributed by atoms with Crippen LogP contribution in [-0.2, 0) is 6.42 Å². The van der Waals surface area contributed by atoms with Crippen LogP contribution in [0, 0.1) is 11.8 Å². The van der Waals surface area contributed by atoms with Crippen LogP contribution in [0.1, 0.15) is 50.5 Å². The highest BCUT2D eigenvalue weighted by atomic mass is 16.5. The summed E-state index contributed by atoms with van der Waals surface area (Å²) in [5.41, 5.74) is 1.38. The molecule has 1 aromatic carbocycles. The Morgan fingerprint density at radius 3 is 2.57 bits per heavy atom. The molecule has 1 atom stereocenters. The fraction of sp³-hybridized carbons (Fsp3) is 0.684. The van der Waals surface area contributed by atoms with Crippen LogP contribution in [0.3, 0.4) is 0 Å². The van der Waals surface area contributed by atoms with Crippen molar-refractivity contribution >= 4 is 0 Å². The Morgan fingerprint density at radius 1 is 1.10 bits per heavy atom. The second-order valence-electron chi connectivity index (χ2n) is 6.86. The Labute approximate surface area is 129 Å². The Kier molecular flexibility index (Phi) is 5.18. The smallest absolute Gasteiger partial charge is 0.122 e. The highest BCUT2D eigenvalue weighted by molar-refractivity contribution is 5.33. The first-order valence-corrected chi connectivity index (χ1v) is 8.72. The van der Waals surface area contributed by atoms with E-state index in [-0.39, 0.29) is 0 Å². The van der Waals surface area contributed by atoms with Gasteiger partial charge in [-0.15, -0.1) is 0 Å². The highest BCUT2D eigenvalue weighted by Crippen LogP contribution is 2.34. The molecule has 2 nitrogen and oxygen atoms in total. The van der Waals surface area contributed by atoms with Crippen LogP contribution < -0.4 is 10.1 Å². The number of rotatable bonds is 7. The Balaban J connectivity index is 1.67. The van der Waals surface area contributed by atoms with E-state index in [2.05, 4.69) is 29.6 Å². The molecule has 2 saturated carbocycles. The van der Waals surface area contributed by atoms with E-state index in [9.17, 15) is 0 Å². The molecule has 2 heteroatoms. The molecular formula is C19H29NO. The molecule has 2 aliphatic rings. The van der Waals surface area contributed by atoms with E-state index in [1.54, 1.807) is 7.11 Å². The van der Waals surface area contributed by atoms with Gasteiger partial charge in [-0.3, -0.25) is 0 Å². The van der Waals surface area contributed by atoms with E-state index in [1.807, 2.05) is 0 Å². The summed E-state index contributed by atoms with van der Waals surface area (Å²) in [6, 6.07) is 9.37. The fourth-order valence-electron chi connectivity index (χ4n) is 3.77. The molecule has 1 aromatic rings. The average Bonchev–Trinajstić information content (AvgIpc) is 3.37. The number of hydrogen-bond acceptors (Lipinski definition) is 2. The summed E-state index contributed by atoms with van der Waals surface area (Å²) < 4.78 is 5.55. The summed E-state index contributed by atoms with van der Waals surface area (Å²) >= 11 is 0. The van der Waals surface area contributed by atoms with Crippen LogP contribution in [0.5, 0.6) is 5.75 Å². The summed E-state index contributed by atoms with van der Waals surface area (Å²) in [5, 5.41) is 3.77. The number of methoxy groups -OCH3 is 1. The maximum atomic E-state index is 5.55. The summed E-state index contributed by atoms with van der Waals surface area (Å²) in [6.07, 6.45) is 11.1. The zero-order valence-electron chi connectivity index (χ0n) is 13.3. The third-order valence-corrected chi connectivity index (χ3v) is 5.24. The van der Waals surface area contributed by atoms with Gasteiger partial charge >= 0.3 is 0 Å². The molecule has 0 saturated heterocycles. The quantitative estimate of drug-likeness (QED) is 0.812. The van der Waals surface area contributed by atoms with E-state index < -0.39 is 0 Å². The Hall–Kier alpha value is -1.02. The minimum Gasteiger partial charge on any atom is -0.496 e. The van der Waals surface area contributed by atoms with E-state index in [4.69, 9.17) is 4.74 Å². The molecule has 0 aliphatic heterocycles. The van der Waals surface area contributed by atoms with Crippen LogP contribution in [0.25, 0.3) is 0 Å². The Morgan fingerprint density at radius 2 is 1.86 bits per heavy atom. The molecule has 116 valence electrons. The van der Waals surface area contributed by atoms with Gasteiger partial charge in [-0.1, -0.05) is 50.3 Å². The first kappa shape index (κ1) is 14.9. The maximum Gasteiger partial charge on any atom is 0.122 e. The van der Waals surface area contributed by atoms with Crippen molar-refractivity contribution < 1.29 is 4.74 Å². The zero-order valence-corrected chi connectivity index (χ0v) is 13.3. The molecule has 0 bridgehead atoms. The molecule has 0 amide bonds. The van der Waals surface area contributed by atoms with Gasteiger partial charge in [0.05, 0.1) is 7.11 Å². The minimum absolute atomic E-state index is 0.766. The van der Waals surface area contributed by atoms with Gasteiger partial charge in [-0.25, -0.2) is 0 Å². The van der Waals surface area contributed by atoms with Gasteiger partial charge in [-0.05, 0) is 49.3 Å². The first-order valence-electron chi connectivity index (χ1n) is 8.72. The summed E-state index contributed by atoms with van der Waals surface area (Å²) in [4.78, 5) is 0. The second kappa shape index (κ2) is 7.31. The van der Waals surface area contributed by atoms with E-state index >= 15 is 0 Å². The lowest BCUT2D eigenvalue weighted by molar-refractivity contribution is 0.237. The van der Waals surface area contributed by atoms with Crippen LogP contribution in [0.15, 0.2) is 24.3 Å². The summed E-state index contributed by atoms with van der Waals surface area (Å²) in [5.74, 6) is 2.72. The van der Waals surface area contributed by atoms with Crippen molar-refractivity contribution in [3.8, 4) is 5.75 Å². The second-order valence-corrected chi connectivity index (χ2v) is 6.86. The van der Waals surface area contributed by atoms with Crippen LogP contribution in [0.2, 0.25) is 0 Å². The predicted molar refractivity (Wildman–Crippen MR) is 87.8 cm³/mol. The normalized spacial score (nSPS) is 21.2. The molecule has 2 aliphatic carbocycles. The van der Waals surface area contributed by atoms with Gasteiger partial charge in [0.2, 0.25) is 0 Å². The third-order valence-electron chi connectivity index (χ3n) is 5.24. The van der Waals surface area contributed by atoms with E-state index in [1.165, 1.54) is 57.1 Å². The van der Waals surface area contributed by atoms with E-state index in [0.29, 0.717) is 0 Å².